The van der Waals surface area contributed by atoms with Gasteiger partial charge in [0.05, 0.1) is 4.90 Å². The number of sulfonamides is 1. The molecule has 126 valence electrons. The maximum absolute atomic E-state index is 12.9. The van der Waals surface area contributed by atoms with Crippen molar-refractivity contribution in [3.8, 4) is 0 Å². The van der Waals surface area contributed by atoms with Crippen LogP contribution in [0.3, 0.4) is 0 Å². The summed E-state index contributed by atoms with van der Waals surface area (Å²) in [7, 11) is -3.63. The molecule has 2 N–H and O–H groups in total. The zero-order valence-corrected chi connectivity index (χ0v) is 13.9. The Morgan fingerprint density at radius 2 is 1.96 bits per heavy atom. The number of amides is 1. The van der Waals surface area contributed by atoms with E-state index in [1.54, 1.807) is 30.3 Å². The van der Waals surface area contributed by atoms with Crippen molar-refractivity contribution in [3.05, 3.63) is 30.3 Å². The third-order valence-corrected chi connectivity index (χ3v) is 6.44. The lowest BCUT2D eigenvalue weighted by molar-refractivity contribution is -0.126. The lowest BCUT2D eigenvalue weighted by atomic mass is 10.0. The van der Waals surface area contributed by atoms with E-state index < -0.39 is 16.1 Å². The summed E-state index contributed by atoms with van der Waals surface area (Å²) in [5.74, 6) is -0.169. The summed E-state index contributed by atoms with van der Waals surface area (Å²) < 4.78 is 27.1. The topological polar surface area (TPSA) is 78.5 Å². The summed E-state index contributed by atoms with van der Waals surface area (Å²) in [6.07, 6.45) is 3.14. The van der Waals surface area contributed by atoms with Crippen LogP contribution in [0.25, 0.3) is 0 Å². The van der Waals surface area contributed by atoms with Crippen LogP contribution in [0.5, 0.6) is 0 Å². The highest BCUT2D eigenvalue weighted by molar-refractivity contribution is 7.89. The van der Waals surface area contributed by atoms with Crippen LogP contribution in [0.4, 0.5) is 0 Å². The summed E-state index contributed by atoms with van der Waals surface area (Å²) in [5.41, 5.74) is 0. The fourth-order valence-corrected chi connectivity index (χ4v) is 4.94. The van der Waals surface area contributed by atoms with E-state index in [2.05, 4.69) is 10.6 Å². The largest absolute Gasteiger partial charge is 0.351 e. The molecule has 0 saturated carbocycles. The van der Waals surface area contributed by atoms with Gasteiger partial charge in [-0.25, -0.2) is 8.42 Å². The SMILES string of the molecule is O=C(NC1CCNC1)C1CCCCN1S(=O)(=O)c1ccccc1. The molecule has 1 aromatic carbocycles. The minimum atomic E-state index is -3.63. The van der Waals surface area contributed by atoms with Gasteiger partial charge in [-0.15, -0.1) is 0 Å². The highest BCUT2D eigenvalue weighted by Gasteiger charge is 2.38. The predicted octanol–water partition coefficient (Wildman–Crippen LogP) is 0.708. The number of carbonyl (C=O) groups is 1. The van der Waals surface area contributed by atoms with E-state index in [9.17, 15) is 13.2 Å². The van der Waals surface area contributed by atoms with Gasteiger partial charge in [-0.1, -0.05) is 24.6 Å². The van der Waals surface area contributed by atoms with E-state index in [4.69, 9.17) is 0 Å². The van der Waals surface area contributed by atoms with Crippen molar-refractivity contribution in [2.45, 2.75) is 42.7 Å². The molecule has 0 aromatic heterocycles. The Morgan fingerprint density at radius 3 is 2.65 bits per heavy atom. The number of hydrogen-bond acceptors (Lipinski definition) is 4. The molecule has 0 spiro atoms. The van der Waals surface area contributed by atoms with Gasteiger partial charge in [-0.05, 0) is 37.9 Å². The van der Waals surface area contributed by atoms with Gasteiger partial charge in [-0.2, -0.15) is 4.31 Å². The van der Waals surface area contributed by atoms with Crippen molar-refractivity contribution in [3.63, 3.8) is 0 Å². The Kier molecular flexibility index (Phi) is 4.99. The molecule has 1 aromatic rings. The van der Waals surface area contributed by atoms with E-state index >= 15 is 0 Å². The van der Waals surface area contributed by atoms with Crippen LogP contribution in [-0.4, -0.2) is 50.3 Å². The molecule has 7 heteroatoms. The second-order valence-corrected chi connectivity index (χ2v) is 8.03. The van der Waals surface area contributed by atoms with Crippen molar-refractivity contribution >= 4 is 15.9 Å². The van der Waals surface area contributed by atoms with Gasteiger partial charge in [0.1, 0.15) is 6.04 Å². The maximum atomic E-state index is 12.9. The number of nitrogens with zero attached hydrogens (tertiary/aromatic N) is 1. The first-order chi connectivity index (χ1) is 11.1. The Bertz CT molecular complexity index is 642. The lowest BCUT2D eigenvalue weighted by Crippen LogP contribution is -2.53. The van der Waals surface area contributed by atoms with E-state index in [-0.39, 0.29) is 16.8 Å². The quantitative estimate of drug-likeness (QED) is 0.848. The second-order valence-electron chi connectivity index (χ2n) is 6.14. The first kappa shape index (κ1) is 16.4. The van der Waals surface area contributed by atoms with Crippen LogP contribution < -0.4 is 10.6 Å². The minimum absolute atomic E-state index is 0.103. The molecule has 1 amide bonds. The van der Waals surface area contributed by atoms with Gasteiger partial charge >= 0.3 is 0 Å². The van der Waals surface area contributed by atoms with E-state index in [0.717, 1.165) is 32.4 Å². The van der Waals surface area contributed by atoms with Crippen molar-refractivity contribution in [1.82, 2.24) is 14.9 Å². The molecule has 3 rings (SSSR count). The van der Waals surface area contributed by atoms with Crippen LogP contribution in [0.2, 0.25) is 0 Å². The average molecular weight is 337 g/mol. The molecular weight excluding hydrogens is 314 g/mol. The smallest absolute Gasteiger partial charge is 0.243 e. The van der Waals surface area contributed by atoms with E-state index in [1.165, 1.54) is 4.31 Å². The molecule has 2 atom stereocenters. The van der Waals surface area contributed by atoms with Crippen molar-refractivity contribution < 1.29 is 13.2 Å². The summed E-state index contributed by atoms with van der Waals surface area (Å²) >= 11 is 0. The van der Waals surface area contributed by atoms with Gasteiger partial charge in [-0.3, -0.25) is 4.79 Å². The van der Waals surface area contributed by atoms with Crippen molar-refractivity contribution in [2.75, 3.05) is 19.6 Å². The first-order valence-corrected chi connectivity index (χ1v) is 9.61. The highest BCUT2D eigenvalue weighted by atomic mass is 32.2. The molecular formula is C16H23N3O3S. The minimum Gasteiger partial charge on any atom is -0.351 e. The Balaban J connectivity index is 1.79. The average Bonchev–Trinajstić information content (AvgIpc) is 3.08. The molecule has 0 radical (unpaired) electrons. The molecule has 0 aliphatic carbocycles. The Labute approximate surface area is 137 Å². The monoisotopic (exact) mass is 337 g/mol. The normalized spacial score (nSPS) is 26.1. The molecule has 2 aliphatic heterocycles. The van der Waals surface area contributed by atoms with E-state index in [0.29, 0.717) is 13.0 Å². The summed E-state index contributed by atoms with van der Waals surface area (Å²) in [5, 5.41) is 6.20. The zero-order chi connectivity index (χ0) is 16.3. The molecule has 2 heterocycles. The first-order valence-electron chi connectivity index (χ1n) is 8.17. The van der Waals surface area contributed by atoms with Gasteiger partial charge in [0.25, 0.3) is 0 Å². The summed E-state index contributed by atoms with van der Waals surface area (Å²) in [4.78, 5) is 12.8. The standard InChI is InChI=1S/C16H23N3O3S/c20-16(18-13-9-10-17-12-13)15-8-4-5-11-19(15)23(21,22)14-6-2-1-3-7-14/h1-3,6-7,13,15,17H,4-5,8-12H2,(H,18,20). The third-order valence-electron chi connectivity index (χ3n) is 4.51. The van der Waals surface area contributed by atoms with Gasteiger partial charge < -0.3 is 10.6 Å². The molecule has 2 aliphatic rings. The molecule has 2 fully saturated rings. The number of piperidine rings is 1. The maximum Gasteiger partial charge on any atom is 0.243 e. The van der Waals surface area contributed by atoms with Gasteiger partial charge in [0, 0.05) is 19.1 Å². The van der Waals surface area contributed by atoms with Crippen molar-refractivity contribution in [1.29, 1.82) is 0 Å². The number of carbonyl (C=O) groups excluding carboxylic acids is 1. The number of rotatable bonds is 4. The Hall–Kier alpha value is -1.44. The number of benzene rings is 1. The van der Waals surface area contributed by atoms with Crippen LogP contribution in [0.15, 0.2) is 35.2 Å². The lowest BCUT2D eigenvalue weighted by Gasteiger charge is -2.34. The molecule has 0 bridgehead atoms. The predicted molar refractivity (Wildman–Crippen MR) is 87.4 cm³/mol. The Morgan fingerprint density at radius 1 is 1.17 bits per heavy atom. The van der Waals surface area contributed by atoms with Crippen LogP contribution in [0.1, 0.15) is 25.7 Å². The molecule has 2 unspecified atom stereocenters. The fraction of sp³-hybridized carbons (Fsp3) is 0.562. The second kappa shape index (κ2) is 6.98. The molecule has 6 nitrogen and oxygen atoms in total. The fourth-order valence-electron chi connectivity index (χ4n) is 3.26. The molecule has 2 saturated heterocycles. The summed E-state index contributed by atoms with van der Waals surface area (Å²) in [6.45, 7) is 2.05. The van der Waals surface area contributed by atoms with Crippen LogP contribution in [-0.2, 0) is 14.8 Å². The highest BCUT2D eigenvalue weighted by Crippen LogP contribution is 2.25. The van der Waals surface area contributed by atoms with Gasteiger partial charge in [0.2, 0.25) is 15.9 Å². The van der Waals surface area contributed by atoms with Crippen LogP contribution >= 0.6 is 0 Å². The number of hydrogen-bond donors (Lipinski definition) is 2. The third kappa shape index (κ3) is 3.57. The van der Waals surface area contributed by atoms with Gasteiger partial charge in [0.15, 0.2) is 0 Å². The summed E-state index contributed by atoms with van der Waals surface area (Å²) in [6, 6.07) is 7.86. The van der Waals surface area contributed by atoms with E-state index in [1.807, 2.05) is 0 Å². The zero-order valence-electron chi connectivity index (χ0n) is 13.1. The number of nitrogens with one attached hydrogen (secondary N) is 2. The van der Waals surface area contributed by atoms with Crippen molar-refractivity contribution in [2.24, 2.45) is 0 Å². The van der Waals surface area contributed by atoms with Crippen LogP contribution in [0, 0.1) is 0 Å². The molecule has 23 heavy (non-hydrogen) atoms.